The lowest BCUT2D eigenvalue weighted by molar-refractivity contribution is 0.0344. The third kappa shape index (κ3) is 7.53. The van der Waals surface area contributed by atoms with Crippen molar-refractivity contribution in [3.63, 3.8) is 0 Å². The molecular formula is C30H37N3O6S. The maximum Gasteiger partial charge on any atom is 0.258 e. The second-order valence-electron chi connectivity index (χ2n) is 10.4. The Balaban J connectivity index is 1.54. The van der Waals surface area contributed by atoms with Gasteiger partial charge in [0, 0.05) is 25.6 Å². The Hall–Kier alpha value is -3.60. The van der Waals surface area contributed by atoms with E-state index in [1.165, 1.54) is 0 Å². The van der Waals surface area contributed by atoms with E-state index in [0.717, 1.165) is 23.3 Å². The molecule has 10 heteroatoms. The summed E-state index contributed by atoms with van der Waals surface area (Å²) in [4.78, 5) is 17.3. The lowest BCUT2D eigenvalue weighted by Crippen LogP contribution is -2.49. The number of sulfonamides is 1. The van der Waals surface area contributed by atoms with Gasteiger partial charge >= 0.3 is 0 Å². The van der Waals surface area contributed by atoms with Crippen molar-refractivity contribution in [2.45, 2.75) is 32.5 Å². The van der Waals surface area contributed by atoms with E-state index < -0.39 is 16.1 Å². The van der Waals surface area contributed by atoms with Gasteiger partial charge in [0.05, 0.1) is 30.2 Å². The Morgan fingerprint density at radius 1 is 1.07 bits per heavy atom. The number of amides is 1. The number of likely N-dealkylation sites (N-methyl/N-ethyl adjacent to an activating group) is 1. The van der Waals surface area contributed by atoms with Crippen molar-refractivity contribution in [2.75, 3.05) is 37.7 Å². The van der Waals surface area contributed by atoms with Crippen LogP contribution < -0.4 is 14.2 Å². The average Bonchev–Trinajstić information content (AvgIpc) is 2.91. The molecule has 0 saturated carbocycles. The Labute approximate surface area is 236 Å². The number of nitrogens with zero attached hydrogens (tertiary/aromatic N) is 2. The van der Waals surface area contributed by atoms with Crippen LogP contribution in [-0.2, 0) is 16.6 Å². The topological polar surface area (TPSA) is 108 Å². The first-order chi connectivity index (χ1) is 19.0. The predicted molar refractivity (Wildman–Crippen MR) is 155 cm³/mol. The van der Waals surface area contributed by atoms with E-state index in [0.29, 0.717) is 19.6 Å². The monoisotopic (exact) mass is 567 g/mol. The predicted octanol–water partition coefficient (Wildman–Crippen LogP) is 4.20. The number of anilines is 1. The molecule has 0 unspecified atom stereocenters. The number of hydrogen-bond acceptors (Lipinski definition) is 7. The minimum Gasteiger partial charge on any atom is -0.486 e. The molecule has 0 aromatic heterocycles. The molecule has 1 heterocycles. The van der Waals surface area contributed by atoms with Crippen LogP contribution in [0.25, 0.3) is 0 Å². The third-order valence-electron chi connectivity index (χ3n) is 6.83. The van der Waals surface area contributed by atoms with Crippen LogP contribution in [0.1, 0.15) is 29.8 Å². The maximum absolute atomic E-state index is 13.5. The number of hydrogen-bond donors (Lipinski definition) is 2. The highest BCUT2D eigenvalue weighted by Crippen LogP contribution is 2.35. The second-order valence-corrected chi connectivity index (χ2v) is 12.2. The summed E-state index contributed by atoms with van der Waals surface area (Å²) in [5, 5.41) is 9.85. The molecule has 2 N–H and O–H groups in total. The van der Waals surface area contributed by atoms with Crippen molar-refractivity contribution in [1.82, 2.24) is 9.80 Å². The van der Waals surface area contributed by atoms with E-state index in [2.05, 4.69) is 9.62 Å². The van der Waals surface area contributed by atoms with Crippen LogP contribution in [0.15, 0.2) is 72.8 Å². The van der Waals surface area contributed by atoms with Crippen molar-refractivity contribution in [1.29, 1.82) is 0 Å². The van der Waals surface area contributed by atoms with Crippen LogP contribution in [-0.4, -0.2) is 74.4 Å². The molecule has 0 radical (unpaired) electrons. The number of fused-ring (bicyclic) bond motifs is 1. The molecule has 40 heavy (non-hydrogen) atoms. The van der Waals surface area contributed by atoms with Gasteiger partial charge in [0.15, 0.2) is 5.75 Å². The van der Waals surface area contributed by atoms with Crippen molar-refractivity contribution in [3.8, 4) is 17.2 Å². The molecule has 214 valence electrons. The van der Waals surface area contributed by atoms with Gasteiger partial charge < -0.3 is 19.5 Å². The van der Waals surface area contributed by atoms with Crippen LogP contribution in [0.3, 0.4) is 0 Å². The van der Waals surface area contributed by atoms with Gasteiger partial charge in [0.25, 0.3) is 5.91 Å². The van der Waals surface area contributed by atoms with E-state index in [1.807, 2.05) is 68.6 Å². The number of benzene rings is 3. The molecule has 0 aliphatic carbocycles. The van der Waals surface area contributed by atoms with Crippen molar-refractivity contribution >= 4 is 21.6 Å². The SMILES string of the molecule is C[C@@H]1CN([C@H](C)CO)C(=O)c2cccc(NS(C)(=O)=O)c2O[C@H]1CN(C)Cc1ccc(Oc2ccccc2)cc1. The molecule has 3 atom stereocenters. The zero-order valence-corrected chi connectivity index (χ0v) is 24.1. The zero-order valence-electron chi connectivity index (χ0n) is 23.3. The summed E-state index contributed by atoms with van der Waals surface area (Å²) in [6.07, 6.45) is 0.690. The highest BCUT2D eigenvalue weighted by molar-refractivity contribution is 7.92. The summed E-state index contributed by atoms with van der Waals surface area (Å²) < 4.78 is 39.0. The summed E-state index contributed by atoms with van der Waals surface area (Å²) >= 11 is 0. The highest BCUT2D eigenvalue weighted by Gasteiger charge is 2.34. The lowest BCUT2D eigenvalue weighted by atomic mass is 9.99. The smallest absolute Gasteiger partial charge is 0.258 e. The van der Waals surface area contributed by atoms with Gasteiger partial charge in [-0.05, 0) is 55.9 Å². The second kappa shape index (κ2) is 12.7. The molecule has 0 bridgehead atoms. The van der Waals surface area contributed by atoms with Gasteiger partial charge in [-0.15, -0.1) is 0 Å². The standard InChI is InChI=1S/C30H37N3O6S/c1-21-17-33(22(2)20-34)30(35)26-11-8-12-27(31-40(4,36)37)29(26)39-28(21)19-32(3)18-23-13-15-25(16-14-23)38-24-9-6-5-7-10-24/h5-16,21-22,28,31,34H,17-20H2,1-4H3/t21-,22-,28+/m1/s1. The number of carbonyl (C=O) groups is 1. The van der Waals surface area contributed by atoms with E-state index >= 15 is 0 Å². The number of aliphatic hydroxyl groups excluding tert-OH is 1. The van der Waals surface area contributed by atoms with Gasteiger partial charge in [-0.1, -0.05) is 43.3 Å². The summed E-state index contributed by atoms with van der Waals surface area (Å²) in [6.45, 7) is 5.14. The molecule has 3 aromatic carbocycles. The first-order valence-corrected chi connectivity index (χ1v) is 15.1. The number of rotatable bonds is 10. The van der Waals surface area contributed by atoms with Crippen LogP contribution in [0, 0.1) is 5.92 Å². The number of aliphatic hydroxyl groups is 1. The number of para-hydroxylation sites is 2. The molecule has 0 fully saturated rings. The summed E-state index contributed by atoms with van der Waals surface area (Å²) in [5.41, 5.74) is 1.55. The molecule has 0 spiro atoms. The van der Waals surface area contributed by atoms with E-state index in [-0.39, 0.29) is 41.5 Å². The van der Waals surface area contributed by atoms with Gasteiger partial charge in [-0.2, -0.15) is 0 Å². The first kappa shape index (κ1) is 29.4. The number of ether oxygens (including phenoxy) is 2. The Morgan fingerprint density at radius 3 is 2.40 bits per heavy atom. The minimum absolute atomic E-state index is 0.110. The van der Waals surface area contributed by atoms with Gasteiger partial charge in [-0.25, -0.2) is 8.42 Å². The van der Waals surface area contributed by atoms with Crippen molar-refractivity contribution in [2.24, 2.45) is 5.92 Å². The Morgan fingerprint density at radius 2 is 1.75 bits per heavy atom. The van der Waals surface area contributed by atoms with Crippen molar-refractivity contribution < 1.29 is 27.8 Å². The average molecular weight is 568 g/mol. The minimum atomic E-state index is -3.62. The van der Waals surface area contributed by atoms with Crippen LogP contribution in [0.2, 0.25) is 0 Å². The summed E-state index contributed by atoms with van der Waals surface area (Å²) in [6, 6.07) is 21.9. The quantitative estimate of drug-likeness (QED) is 0.378. The number of nitrogens with one attached hydrogen (secondary N) is 1. The van der Waals surface area contributed by atoms with Gasteiger partial charge in [-0.3, -0.25) is 14.4 Å². The van der Waals surface area contributed by atoms with Crippen LogP contribution in [0.5, 0.6) is 17.2 Å². The normalized spacial score (nSPS) is 18.4. The molecule has 3 aromatic rings. The molecule has 1 amide bonds. The fraction of sp³-hybridized carbons (Fsp3) is 0.367. The maximum atomic E-state index is 13.5. The zero-order chi connectivity index (χ0) is 28.9. The van der Waals surface area contributed by atoms with Crippen molar-refractivity contribution in [3.05, 3.63) is 83.9 Å². The van der Waals surface area contributed by atoms with E-state index in [4.69, 9.17) is 9.47 Å². The summed E-state index contributed by atoms with van der Waals surface area (Å²) in [5.74, 6) is 1.29. The first-order valence-electron chi connectivity index (χ1n) is 13.2. The molecule has 1 aliphatic rings. The molecule has 1 aliphatic heterocycles. The van der Waals surface area contributed by atoms with Gasteiger partial charge in [0.2, 0.25) is 10.0 Å². The fourth-order valence-electron chi connectivity index (χ4n) is 4.71. The molecule has 0 saturated heterocycles. The highest BCUT2D eigenvalue weighted by atomic mass is 32.2. The fourth-order valence-corrected chi connectivity index (χ4v) is 5.27. The molecule has 4 rings (SSSR count). The largest absolute Gasteiger partial charge is 0.486 e. The third-order valence-corrected chi connectivity index (χ3v) is 7.42. The number of carbonyl (C=O) groups excluding carboxylic acids is 1. The molecular weight excluding hydrogens is 530 g/mol. The Bertz CT molecular complexity index is 1400. The molecule has 9 nitrogen and oxygen atoms in total. The van der Waals surface area contributed by atoms with Crippen LogP contribution >= 0.6 is 0 Å². The van der Waals surface area contributed by atoms with Gasteiger partial charge in [0.1, 0.15) is 17.6 Å². The Kier molecular flexibility index (Phi) is 9.34. The van der Waals surface area contributed by atoms with E-state index in [9.17, 15) is 18.3 Å². The summed E-state index contributed by atoms with van der Waals surface area (Å²) in [7, 11) is -1.63. The van der Waals surface area contributed by atoms with E-state index in [1.54, 1.807) is 30.0 Å². The van der Waals surface area contributed by atoms with Crippen LogP contribution in [0.4, 0.5) is 5.69 Å². The lowest BCUT2D eigenvalue weighted by Gasteiger charge is -2.38.